The average Bonchev–Trinajstić information content (AvgIpc) is 3.25. The summed E-state index contributed by atoms with van der Waals surface area (Å²) in [4.78, 5) is 22.5. The summed E-state index contributed by atoms with van der Waals surface area (Å²) in [6.07, 6.45) is 0.776. The summed E-state index contributed by atoms with van der Waals surface area (Å²) in [6, 6.07) is 12.1. The van der Waals surface area contributed by atoms with E-state index in [9.17, 15) is 13.2 Å². The van der Waals surface area contributed by atoms with Gasteiger partial charge in [-0.1, -0.05) is 40.3 Å². The molecule has 0 unspecified atom stereocenters. The molecule has 176 valence electrons. The molecule has 1 amide bonds. The lowest BCUT2D eigenvalue weighted by atomic mass is 10.2. The highest BCUT2D eigenvalue weighted by Gasteiger charge is 2.23. The number of hydrogen-bond donors (Lipinski definition) is 0. The van der Waals surface area contributed by atoms with Gasteiger partial charge in [0, 0.05) is 36.2 Å². The summed E-state index contributed by atoms with van der Waals surface area (Å²) in [5.74, 6) is -0.260. The highest BCUT2D eigenvalue weighted by atomic mass is 79.9. The third-order valence-electron chi connectivity index (χ3n) is 5.60. The van der Waals surface area contributed by atoms with Gasteiger partial charge in [0.2, 0.25) is 0 Å². The highest BCUT2D eigenvalue weighted by molar-refractivity contribution is 9.10. The number of amides is 1. The lowest BCUT2D eigenvalue weighted by Gasteiger charge is -2.27. The number of halogens is 1. The van der Waals surface area contributed by atoms with Crippen LogP contribution in [0, 0.1) is 0 Å². The molecule has 33 heavy (non-hydrogen) atoms. The van der Waals surface area contributed by atoms with E-state index in [0.717, 1.165) is 54.0 Å². The monoisotopic (exact) mass is 551 g/mol. The van der Waals surface area contributed by atoms with Gasteiger partial charge in [-0.2, -0.15) is 0 Å². The van der Waals surface area contributed by atoms with Crippen LogP contribution in [0.4, 0.5) is 5.13 Å². The lowest BCUT2D eigenvalue weighted by Crippen LogP contribution is -2.39. The fourth-order valence-corrected chi connectivity index (χ4v) is 6.18. The van der Waals surface area contributed by atoms with Gasteiger partial charge < -0.3 is 4.74 Å². The maximum Gasteiger partial charge on any atom is 0.260 e. The van der Waals surface area contributed by atoms with Crippen LogP contribution in [0.25, 0.3) is 10.2 Å². The van der Waals surface area contributed by atoms with E-state index >= 15 is 0 Å². The molecule has 10 heteroatoms. The van der Waals surface area contributed by atoms with Gasteiger partial charge in [-0.05, 0) is 42.8 Å². The van der Waals surface area contributed by atoms with Crippen molar-refractivity contribution in [1.29, 1.82) is 0 Å². The van der Waals surface area contributed by atoms with Gasteiger partial charge in [0.25, 0.3) is 5.91 Å². The smallest absolute Gasteiger partial charge is 0.260 e. The van der Waals surface area contributed by atoms with Crippen LogP contribution in [-0.2, 0) is 14.6 Å². The van der Waals surface area contributed by atoms with Crippen LogP contribution in [0.1, 0.15) is 23.7 Å². The number of aromatic nitrogens is 1. The van der Waals surface area contributed by atoms with Gasteiger partial charge >= 0.3 is 0 Å². The lowest BCUT2D eigenvalue weighted by molar-refractivity contribution is 0.0376. The van der Waals surface area contributed by atoms with Gasteiger partial charge in [0.15, 0.2) is 15.0 Å². The van der Waals surface area contributed by atoms with E-state index in [2.05, 4.69) is 20.8 Å². The Kier molecular flexibility index (Phi) is 7.80. The van der Waals surface area contributed by atoms with Crippen LogP contribution in [0.2, 0.25) is 0 Å². The first-order valence-corrected chi connectivity index (χ1v) is 14.1. The van der Waals surface area contributed by atoms with Crippen molar-refractivity contribution in [1.82, 2.24) is 9.88 Å². The molecule has 1 aliphatic rings. The van der Waals surface area contributed by atoms with Crippen molar-refractivity contribution >= 4 is 58.4 Å². The quantitative estimate of drug-likeness (QED) is 0.417. The van der Waals surface area contributed by atoms with Crippen molar-refractivity contribution in [3.8, 4) is 0 Å². The summed E-state index contributed by atoms with van der Waals surface area (Å²) in [6.45, 7) is 6.18. The predicted molar refractivity (Wildman–Crippen MR) is 135 cm³/mol. The number of fused-ring (bicyclic) bond motifs is 1. The molecule has 0 spiro atoms. The SMILES string of the molecule is CCS(=O)(=O)c1cccc(C(=O)N(CCCN2CCOCC2)c2nc3ccc(Br)cc3s2)c1. The van der Waals surface area contributed by atoms with Gasteiger partial charge in [-0.25, -0.2) is 13.4 Å². The van der Waals surface area contributed by atoms with Crippen LogP contribution in [0.3, 0.4) is 0 Å². The second-order valence-electron chi connectivity index (χ2n) is 7.80. The molecular formula is C23H26BrN3O4S2. The number of rotatable bonds is 8. The van der Waals surface area contributed by atoms with Crippen LogP contribution in [0.5, 0.6) is 0 Å². The highest BCUT2D eigenvalue weighted by Crippen LogP contribution is 2.32. The summed E-state index contributed by atoms with van der Waals surface area (Å²) in [7, 11) is -3.41. The fraction of sp³-hybridized carbons (Fsp3) is 0.391. The first-order valence-electron chi connectivity index (χ1n) is 10.9. The van der Waals surface area contributed by atoms with Crippen LogP contribution in [0.15, 0.2) is 51.8 Å². The Labute approximate surface area is 206 Å². The molecule has 0 aliphatic carbocycles. The van der Waals surface area contributed by atoms with E-state index in [1.165, 1.54) is 23.5 Å². The molecular weight excluding hydrogens is 526 g/mol. The third kappa shape index (κ3) is 5.81. The number of morpholine rings is 1. The molecule has 0 N–H and O–H groups in total. The minimum Gasteiger partial charge on any atom is -0.379 e. The number of sulfone groups is 1. The third-order valence-corrected chi connectivity index (χ3v) is 8.86. The first-order chi connectivity index (χ1) is 15.9. The molecule has 0 saturated carbocycles. The first kappa shape index (κ1) is 24.3. The normalized spacial score (nSPS) is 15.1. The van der Waals surface area contributed by atoms with Crippen molar-refractivity contribution in [3.05, 3.63) is 52.5 Å². The second-order valence-corrected chi connectivity index (χ2v) is 12.0. The maximum absolute atomic E-state index is 13.6. The molecule has 1 saturated heterocycles. The number of thiazole rings is 1. The van der Waals surface area contributed by atoms with Crippen molar-refractivity contribution < 1.29 is 17.9 Å². The fourth-order valence-electron chi connectivity index (χ4n) is 3.71. The summed E-state index contributed by atoms with van der Waals surface area (Å²) in [5.41, 5.74) is 1.17. The topological polar surface area (TPSA) is 79.8 Å². The number of hydrogen-bond acceptors (Lipinski definition) is 7. The van der Waals surface area contributed by atoms with Crippen molar-refractivity contribution in [3.63, 3.8) is 0 Å². The average molecular weight is 553 g/mol. The molecule has 4 rings (SSSR count). The van der Waals surface area contributed by atoms with E-state index in [0.29, 0.717) is 17.2 Å². The predicted octanol–water partition coefficient (Wildman–Crippen LogP) is 4.22. The summed E-state index contributed by atoms with van der Waals surface area (Å²) < 4.78 is 32.1. The van der Waals surface area contributed by atoms with E-state index < -0.39 is 9.84 Å². The second kappa shape index (κ2) is 10.6. The molecule has 0 bridgehead atoms. The van der Waals surface area contributed by atoms with E-state index in [4.69, 9.17) is 9.72 Å². The van der Waals surface area contributed by atoms with Gasteiger partial charge in [0.1, 0.15) is 0 Å². The minimum absolute atomic E-state index is 0.0132. The zero-order chi connectivity index (χ0) is 23.4. The molecule has 0 atom stereocenters. The maximum atomic E-state index is 13.6. The summed E-state index contributed by atoms with van der Waals surface area (Å²) in [5, 5.41) is 0.610. The number of anilines is 1. The number of carbonyl (C=O) groups excluding carboxylic acids is 1. The molecule has 1 aliphatic heterocycles. The van der Waals surface area contributed by atoms with Crippen LogP contribution in [-0.4, -0.2) is 69.4 Å². The van der Waals surface area contributed by atoms with Gasteiger partial charge in [-0.15, -0.1) is 0 Å². The Morgan fingerprint density at radius 2 is 2.00 bits per heavy atom. The number of ether oxygens (including phenoxy) is 1. The summed E-state index contributed by atoms with van der Waals surface area (Å²) >= 11 is 4.94. The molecule has 1 fully saturated rings. The largest absolute Gasteiger partial charge is 0.379 e. The van der Waals surface area contributed by atoms with Gasteiger partial charge in [0.05, 0.1) is 34.1 Å². The molecule has 3 aromatic rings. The number of benzene rings is 2. The number of carbonyl (C=O) groups is 1. The number of nitrogens with zero attached hydrogens (tertiary/aromatic N) is 3. The van der Waals surface area contributed by atoms with Crippen LogP contribution < -0.4 is 4.90 Å². The molecule has 2 aromatic carbocycles. The Morgan fingerprint density at radius 1 is 1.21 bits per heavy atom. The molecule has 7 nitrogen and oxygen atoms in total. The van der Waals surface area contributed by atoms with E-state index in [-0.39, 0.29) is 16.6 Å². The molecule has 2 heterocycles. The van der Waals surface area contributed by atoms with Crippen molar-refractivity contribution in [2.24, 2.45) is 0 Å². The Balaban J connectivity index is 1.62. The van der Waals surface area contributed by atoms with Crippen molar-refractivity contribution in [2.45, 2.75) is 18.2 Å². The Bertz CT molecular complexity index is 1240. The van der Waals surface area contributed by atoms with E-state index in [1.54, 1.807) is 24.0 Å². The van der Waals surface area contributed by atoms with Crippen molar-refractivity contribution in [2.75, 3.05) is 50.0 Å². The van der Waals surface area contributed by atoms with E-state index in [1.807, 2.05) is 18.2 Å². The molecule has 0 radical (unpaired) electrons. The Hall–Kier alpha value is -1.85. The van der Waals surface area contributed by atoms with Crippen LogP contribution >= 0.6 is 27.3 Å². The zero-order valence-corrected chi connectivity index (χ0v) is 21.6. The zero-order valence-electron chi connectivity index (χ0n) is 18.4. The minimum atomic E-state index is -3.41. The standard InChI is InChI=1S/C23H26BrN3O4S2/c1-2-33(29,30)19-6-3-5-17(15-19)22(28)27(10-4-9-26-11-13-31-14-12-26)23-25-20-8-7-18(24)16-21(20)32-23/h3,5-8,15-16H,2,4,9-14H2,1H3. The Morgan fingerprint density at radius 3 is 2.76 bits per heavy atom. The molecule has 1 aromatic heterocycles. The van der Waals surface area contributed by atoms with Gasteiger partial charge in [-0.3, -0.25) is 14.6 Å².